The van der Waals surface area contributed by atoms with Gasteiger partial charge in [-0.3, -0.25) is 4.68 Å². The summed E-state index contributed by atoms with van der Waals surface area (Å²) < 4.78 is 2.36. The van der Waals surface area contributed by atoms with Gasteiger partial charge in [0.25, 0.3) is 0 Å². The van der Waals surface area contributed by atoms with E-state index >= 15 is 0 Å². The van der Waals surface area contributed by atoms with Crippen LogP contribution < -0.4 is 5.32 Å². The van der Waals surface area contributed by atoms with E-state index in [1.807, 2.05) is 0 Å². The minimum atomic E-state index is 0.618. The Morgan fingerprint density at radius 1 is 1.10 bits per heavy atom. The molecule has 0 spiro atoms. The molecule has 2 atom stereocenters. The number of hydrogen-bond acceptors (Lipinski definition) is 2. The topological polar surface area (TPSA) is 29.9 Å². The summed E-state index contributed by atoms with van der Waals surface area (Å²) in [4.78, 5) is 0. The van der Waals surface area contributed by atoms with E-state index < -0.39 is 0 Å². The van der Waals surface area contributed by atoms with E-state index in [-0.39, 0.29) is 0 Å². The first-order valence-electron chi connectivity index (χ1n) is 8.82. The van der Waals surface area contributed by atoms with Gasteiger partial charge in [0.15, 0.2) is 0 Å². The van der Waals surface area contributed by atoms with Crippen molar-refractivity contribution < 1.29 is 0 Å². The molecule has 1 aromatic heterocycles. The van der Waals surface area contributed by atoms with Gasteiger partial charge in [0.05, 0.1) is 11.7 Å². The summed E-state index contributed by atoms with van der Waals surface area (Å²) >= 11 is 0. The summed E-state index contributed by atoms with van der Waals surface area (Å²) in [6.07, 6.45) is 7.85. The third-order valence-electron chi connectivity index (χ3n) is 5.36. The molecule has 1 N–H and O–H groups in total. The first kappa shape index (κ1) is 15.1. The van der Waals surface area contributed by atoms with E-state index in [1.54, 1.807) is 0 Å². The average molecular weight is 289 g/mol. The van der Waals surface area contributed by atoms with Crippen molar-refractivity contribution in [2.75, 3.05) is 6.54 Å². The van der Waals surface area contributed by atoms with Gasteiger partial charge in [0, 0.05) is 11.7 Å². The van der Waals surface area contributed by atoms with Crippen molar-refractivity contribution in [2.24, 2.45) is 11.8 Å². The normalized spacial score (nSPS) is 29.8. The van der Waals surface area contributed by atoms with E-state index in [1.165, 1.54) is 49.1 Å². The smallest absolute Gasteiger partial charge is 0.0629 e. The van der Waals surface area contributed by atoms with Crippen LogP contribution in [0.5, 0.6) is 0 Å². The molecular weight excluding hydrogens is 258 g/mol. The first-order valence-corrected chi connectivity index (χ1v) is 8.82. The fourth-order valence-corrected chi connectivity index (χ4v) is 4.21. The summed E-state index contributed by atoms with van der Waals surface area (Å²) in [5, 5.41) is 8.53. The fourth-order valence-electron chi connectivity index (χ4n) is 4.21. The first-order chi connectivity index (χ1) is 10.0. The Kier molecular flexibility index (Phi) is 4.39. The van der Waals surface area contributed by atoms with Crippen LogP contribution in [0.4, 0.5) is 0 Å². The highest BCUT2D eigenvalue weighted by Gasteiger charge is 2.28. The van der Waals surface area contributed by atoms with Crippen LogP contribution >= 0.6 is 0 Å². The maximum atomic E-state index is 4.91. The van der Waals surface area contributed by atoms with Crippen LogP contribution in [0.2, 0.25) is 0 Å². The molecule has 2 aliphatic carbocycles. The molecule has 2 unspecified atom stereocenters. The molecule has 0 bridgehead atoms. The predicted molar refractivity (Wildman–Crippen MR) is 87.6 cm³/mol. The van der Waals surface area contributed by atoms with Crippen molar-refractivity contribution in [3.63, 3.8) is 0 Å². The molecule has 0 aliphatic heterocycles. The number of nitrogens with one attached hydrogen (secondary N) is 1. The molecule has 2 fully saturated rings. The van der Waals surface area contributed by atoms with Gasteiger partial charge in [-0.05, 0) is 76.3 Å². The van der Waals surface area contributed by atoms with Crippen molar-refractivity contribution >= 4 is 0 Å². The Balaban J connectivity index is 1.70. The highest BCUT2D eigenvalue weighted by molar-refractivity contribution is 5.25. The summed E-state index contributed by atoms with van der Waals surface area (Å²) in [7, 11) is 0. The second-order valence-electron chi connectivity index (χ2n) is 7.64. The lowest BCUT2D eigenvalue weighted by Crippen LogP contribution is -2.24. The van der Waals surface area contributed by atoms with E-state index in [0.717, 1.165) is 30.8 Å². The van der Waals surface area contributed by atoms with E-state index in [9.17, 15) is 0 Å². The van der Waals surface area contributed by atoms with Crippen LogP contribution in [0.1, 0.15) is 68.9 Å². The van der Waals surface area contributed by atoms with E-state index in [0.29, 0.717) is 6.04 Å². The Morgan fingerprint density at radius 3 is 2.38 bits per heavy atom. The van der Waals surface area contributed by atoms with Gasteiger partial charge in [-0.1, -0.05) is 13.8 Å². The molecule has 0 radical (unpaired) electrons. The van der Waals surface area contributed by atoms with Crippen LogP contribution in [0, 0.1) is 25.7 Å². The molecular formula is C18H31N3. The molecule has 118 valence electrons. The number of rotatable bonds is 5. The molecule has 0 amide bonds. The fraction of sp³-hybridized carbons (Fsp3) is 0.833. The van der Waals surface area contributed by atoms with E-state index in [4.69, 9.17) is 5.10 Å². The van der Waals surface area contributed by atoms with Crippen molar-refractivity contribution in [2.45, 2.75) is 78.3 Å². The van der Waals surface area contributed by atoms with Gasteiger partial charge in [-0.2, -0.15) is 5.10 Å². The Labute approximate surface area is 129 Å². The largest absolute Gasteiger partial charge is 0.314 e. The molecule has 1 aromatic rings. The van der Waals surface area contributed by atoms with Crippen LogP contribution in [0.3, 0.4) is 0 Å². The lowest BCUT2D eigenvalue weighted by molar-refractivity contribution is 0.207. The number of hydrogen-bond donors (Lipinski definition) is 1. The molecule has 3 rings (SSSR count). The third-order valence-corrected chi connectivity index (χ3v) is 5.36. The maximum absolute atomic E-state index is 4.91. The Hall–Kier alpha value is -0.830. The maximum Gasteiger partial charge on any atom is 0.0629 e. The monoisotopic (exact) mass is 289 g/mol. The summed E-state index contributed by atoms with van der Waals surface area (Å²) in [5.74, 6) is 1.67. The number of aromatic nitrogens is 2. The SMILES string of the molecule is Cc1nn(C2CC(C)CC(C)C2)c(C)c1CCNC1CC1. The molecule has 1 heterocycles. The van der Waals surface area contributed by atoms with Crippen molar-refractivity contribution in [1.29, 1.82) is 0 Å². The van der Waals surface area contributed by atoms with Gasteiger partial charge in [0.1, 0.15) is 0 Å². The average Bonchev–Trinajstić information content (AvgIpc) is 3.18. The lowest BCUT2D eigenvalue weighted by Gasteiger charge is -2.32. The zero-order valence-electron chi connectivity index (χ0n) is 14.2. The third kappa shape index (κ3) is 3.50. The van der Waals surface area contributed by atoms with Crippen LogP contribution in [-0.2, 0) is 6.42 Å². The van der Waals surface area contributed by atoms with Crippen LogP contribution in [0.15, 0.2) is 0 Å². The lowest BCUT2D eigenvalue weighted by atomic mass is 9.80. The molecule has 21 heavy (non-hydrogen) atoms. The molecule has 3 nitrogen and oxygen atoms in total. The van der Waals surface area contributed by atoms with Gasteiger partial charge >= 0.3 is 0 Å². The highest BCUT2D eigenvalue weighted by atomic mass is 15.3. The summed E-state index contributed by atoms with van der Waals surface area (Å²) in [6.45, 7) is 10.4. The Morgan fingerprint density at radius 2 is 1.76 bits per heavy atom. The summed E-state index contributed by atoms with van der Waals surface area (Å²) in [5.41, 5.74) is 4.14. The van der Waals surface area contributed by atoms with Crippen molar-refractivity contribution in [3.05, 3.63) is 17.0 Å². The zero-order valence-corrected chi connectivity index (χ0v) is 14.2. The van der Waals surface area contributed by atoms with Gasteiger partial charge in [-0.25, -0.2) is 0 Å². The Bertz CT molecular complexity index is 477. The number of aryl methyl sites for hydroxylation is 1. The zero-order chi connectivity index (χ0) is 15.0. The minimum Gasteiger partial charge on any atom is -0.314 e. The molecule has 2 saturated carbocycles. The van der Waals surface area contributed by atoms with Crippen molar-refractivity contribution in [3.8, 4) is 0 Å². The molecule has 0 aromatic carbocycles. The summed E-state index contributed by atoms with van der Waals surface area (Å²) in [6, 6.07) is 1.42. The second kappa shape index (κ2) is 6.12. The molecule has 2 aliphatic rings. The standard InChI is InChI=1S/C18H31N3/c1-12-9-13(2)11-17(10-12)21-15(4)18(14(3)20-21)7-8-19-16-5-6-16/h12-13,16-17,19H,5-11H2,1-4H3. The predicted octanol–water partition coefficient (Wildman–Crippen LogP) is 3.79. The quantitative estimate of drug-likeness (QED) is 0.893. The minimum absolute atomic E-state index is 0.618. The van der Waals surface area contributed by atoms with E-state index in [2.05, 4.69) is 37.7 Å². The van der Waals surface area contributed by atoms with Gasteiger partial charge < -0.3 is 5.32 Å². The second-order valence-corrected chi connectivity index (χ2v) is 7.64. The van der Waals surface area contributed by atoms with Gasteiger partial charge in [-0.15, -0.1) is 0 Å². The highest BCUT2D eigenvalue weighted by Crippen LogP contribution is 2.36. The van der Waals surface area contributed by atoms with Gasteiger partial charge in [0.2, 0.25) is 0 Å². The number of nitrogens with zero attached hydrogens (tertiary/aromatic N) is 2. The molecule has 3 heteroatoms. The molecule has 0 saturated heterocycles. The van der Waals surface area contributed by atoms with Crippen LogP contribution in [0.25, 0.3) is 0 Å². The van der Waals surface area contributed by atoms with Crippen molar-refractivity contribution in [1.82, 2.24) is 15.1 Å². The van der Waals surface area contributed by atoms with Crippen LogP contribution in [-0.4, -0.2) is 22.4 Å².